The first kappa shape index (κ1) is 23.6. The fourth-order valence-corrected chi connectivity index (χ4v) is 3.97. The second-order valence-electron chi connectivity index (χ2n) is 7.32. The zero-order valence-electron chi connectivity index (χ0n) is 18.0. The van der Waals surface area contributed by atoms with Gasteiger partial charge in [-0.15, -0.1) is 0 Å². The summed E-state index contributed by atoms with van der Waals surface area (Å²) >= 11 is 0. The Labute approximate surface area is 187 Å². The van der Waals surface area contributed by atoms with Crippen molar-refractivity contribution in [3.8, 4) is 11.5 Å². The number of ether oxygens (including phenoxy) is 3. The highest BCUT2D eigenvalue weighted by molar-refractivity contribution is 7.89. The van der Waals surface area contributed by atoms with E-state index in [1.165, 1.54) is 23.1 Å². The van der Waals surface area contributed by atoms with E-state index in [9.17, 15) is 18.0 Å². The van der Waals surface area contributed by atoms with E-state index < -0.39 is 35.1 Å². The maximum absolute atomic E-state index is 12.5. The molecule has 0 saturated carbocycles. The van der Waals surface area contributed by atoms with E-state index in [2.05, 4.69) is 4.72 Å². The summed E-state index contributed by atoms with van der Waals surface area (Å²) in [6.07, 6.45) is 0.694. The third-order valence-electron chi connectivity index (χ3n) is 4.89. The number of rotatable bonds is 8. The lowest BCUT2D eigenvalue weighted by molar-refractivity contribution is -0.150. The standard InChI is InChI=1S/C22H26N2O7S/c1-16-6-3-4-7-17(16)14-24(2)21(25)15-31-22(26)13-23-32(27,28)18-8-9-19-20(12-18)30-11-5-10-29-19/h3-4,6-9,12,23H,5,10-11,13-15H2,1-2H3. The largest absolute Gasteiger partial charge is 0.490 e. The van der Waals surface area contributed by atoms with Crippen LogP contribution in [0.3, 0.4) is 0 Å². The quantitative estimate of drug-likeness (QED) is 0.594. The smallest absolute Gasteiger partial charge is 0.321 e. The van der Waals surface area contributed by atoms with Crippen molar-refractivity contribution < 1.29 is 32.2 Å². The Morgan fingerprint density at radius 3 is 2.56 bits per heavy atom. The molecule has 0 radical (unpaired) electrons. The number of benzene rings is 2. The van der Waals surface area contributed by atoms with Crippen molar-refractivity contribution in [2.24, 2.45) is 0 Å². The topological polar surface area (TPSA) is 111 Å². The summed E-state index contributed by atoms with van der Waals surface area (Å²) in [6, 6.07) is 11.9. The number of nitrogens with zero attached hydrogens (tertiary/aromatic N) is 1. The Bertz CT molecular complexity index is 1090. The number of carbonyl (C=O) groups excluding carboxylic acids is 2. The summed E-state index contributed by atoms with van der Waals surface area (Å²) in [5.74, 6) is -0.461. The van der Waals surface area contributed by atoms with Crippen molar-refractivity contribution in [1.29, 1.82) is 0 Å². The zero-order valence-corrected chi connectivity index (χ0v) is 18.8. The third kappa shape index (κ3) is 6.21. The first-order chi connectivity index (χ1) is 15.3. The molecule has 0 atom stereocenters. The van der Waals surface area contributed by atoms with Crippen molar-refractivity contribution in [2.75, 3.05) is 33.4 Å². The highest BCUT2D eigenvalue weighted by Gasteiger charge is 2.21. The van der Waals surface area contributed by atoms with Gasteiger partial charge in [-0.05, 0) is 30.2 Å². The van der Waals surface area contributed by atoms with E-state index in [4.69, 9.17) is 14.2 Å². The van der Waals surface area contributed by atoms with Gasteiger partial charge in [0.15, 0.2) is 18.1 Å². The van der Waals surface area contributed by atoms with E-state index in [1.807, 2.05) is 31.2 Å². The lowest BCUT2D eigenvalue weighted by Gasteiger charge is -2.18. The second-order valence-corrected chi connectivity index (χ2v) is 9.09. The maximum atomic E-state index is 12.5. The van der Waals surface area contributed by atoms with E-state index in [0.717, 1.165) is 11.1 Å². The van der Waals surface area contributed by atoms with Crippen LogP contribution in [0, 0.1) is 6.92 Å². The van der Waals surface area contributed by atoms with Crippen LogP contribution in [-0.4, -0.2) is 58.6 Å². The SMILES string of the molecule is Cc1ccccc1CN(C)C(=O)COC(=O)CNS(=O)(=O)c1ccc2c(c1)OCCCO2. The predicted octanol–water partition coefficient (Wildman–Crippen LogP) is 1.64. The summed E-state index contributed by atoms with van der Waals surface area (Å²) < 4.78 is 43.1. The molecule has 1 amide bonds. The molecule has 0 aliphatic carbocycles. The Kier molecular flexibility index (Phi) is 7.70. The molecule has 2 aromatic rings. The van der Waals surface area contributed by atoms with Gasteiger partial charge in [0.25, 0.3) is 5.91 Å². The summed E-state index contributed by atoms with van der Waals surface area (Å²) in [4.78, 5) is 25.6. The number of likely N-dealkylation sites (N-methyl/N-ethyl adjacent to an activating group) is 1. The zero-order chi connectivity index (χ0) is 23.1. The van der Waals surface area contributed by atoms with E-state index >= 15 is 0 Å². The van der Waals surface area contributed by atoms with Crippen LogP contribution in [0.5, 0.6) is 11.5 Å². The summed E-state index contributed by atoms with van der Waals surface area (Å²) in [7, 11) is -2.38. The molecule has 0 bridgehead atoms. The van der Waals surface area contributed by atoms with Gasteiger partial charge in [0.1, 0.15) is 6.54 Å². The van der Waals surface area contributed by atoms with Crippen LogP contribution in [0.4, 0.5) is 0 Å². The summed E-state index contributed by atoms with van der Waals surface area (Å²) in [5, 5.41) is 0. The molecule has 1 aliphatic heterocycles. The van der Waals surface area contributed by atoms with Gasteiger partial charge in [0.2, 0.25) is 10.0 Å². The molecule has 0 fully saturated rings. The number of hydrogen-bond acceptors (Lipinski definition) is 7. The molecule has 0 aromatic heterocycles. The molecule has 9 nitrogen and oxygen atoms in total. The first-order valence-electron chi connectivity index (χ1n) is 10.1. The molecule has 0 unspecified atom stereocenters. The molecule has 3 rings (SSSR count). The monoisotopic (exact) mass is 462 g/mol. The van der Waals surface area contributed by atoms with Gasteiger partial charge in [-0.3, -0.25) is 9.59 Å². The van der Waals surface area contributed by atoms with Crippen LogP contribution >= 0.6 is 0 Å². The lowest BCUT2D eigenvalue weighted by Crippen LogP contribution is -2.34. The molecule has 10 heteroatoms. The number of fused-ring (bicyclic) bond motifs is 1. The average molecular weight is 463 g/mol. The molecule has 32 heavy (non-hydrogen) atoms. The normalized spacial score (nSPS) is 13.2. The van der Waals surface area contributed by atoms with Crippen LogP contribution in [0.2, 0.25) is 0 Å². The van der Waals surface area contributed by atoms with Gasteiger partial charge in [-0.25, -0.2) is 8.42 Å². The van der Waals surface area contributed by atoms with Crippen molar-refractivity contribution in [1.82, 2.24) is 9.62 Å². The fourth-order valence-electron chi connectivity index (χ4n) is 2.98. The number of nitrogens with one attached hydrogen (secondary N) is 1. The van der Waals surface area contributed by atoms with Gasteiger partial charge in [0.05, 0.1) is 18.1 Å². The molecule has 1 N–H and O–H groups in total. The fraction of sp³-hybridized carbons (Fsp3) is 0.364. The molecular formula is C22H26N2O7S. The number of sulfonamides is 1. The number of amides is 1. The Morgan fingerprint density at radius 1 is 1.09 bits per heavy atom. The molecule has 2 aromatic carbocycles. The first-order valence-corrected chi connectivity index (χ1v) is 11.6. The predicted molar refractivity (Wildman–Crippen MR) is 116 cm³/mol. The maximum Gasteiger partial charge on any atom is 0.321 e. The summed E-state index contributed by atoms with van der Waals surface area (Å²) in [5.41, 5.74) is 2.03. The van der Waals surface area contributed by atoms with Gasteiger partial charge < -0.3 is 19.1 Å². The minimum atomic E-state index is -3.98. The highest BCUT2D eigenvalue weighted by Crippen LogP contribution is 2.31. The molecule has 0 saturated heterocycles. The van der Waals surface area contributed by atoms with Crippen LogP contribution in [0.1, 0.15) is 17.5 Å². The Morgan fingerprint density at radius 2 is 1.81 bits per heavy atom. The van der Waals surface area contributed by atoms with Crippen molar-refractivity contribution in [3.63, 3.8) is 0 Å². The van der Waals surface area contributed by atoms with Crippen molar-refractivity contribution >= 4 is 21.9 Å². The number of aryl methyl sites for hydroxylation is 1. The minimum Gasteiger partial charge on any atom is -0.490 e. The number of esters is 1. The molecule has 1 aliphatic rings. The van der Waals surface area contributed by atoms with Gasteiger partial charge >= 0.3 is 5.97 Å². The van der Waals surface area contributed by atoms with Crippen LogP contribution < -0.4 is 14.2 Å². The third-order valence-corrected chi connectivity index (χ3v) is 6.29. The Hall–Kier alpha value is -3.11. The number of carbonyl (C=O) groups is 2. The second kappa shape index (κ2) is 10.5. The van der Waals surface area contributed by atoms with Crippen molar-refractivity contribution in [3.05, 3.63) is 53.6 Å². The van der Waals surface area contributed by atoms with E-state index in [0.29, 0.717) is 37.7 Å². The van der Waals surface area contributed by atoms with E-state index in [1.54, 1.807) is 7.05 Å². The van der Waals surface area contributed by atoms with E-state index in [-0.39, 0.29) is 4.90 Å². The molecular weight excluding hydrogens is 436 g/mol. The minimum absolute atomic E-state index is 0.0661. The molecule has 1 heterocycles. The number of hydrogen-bond donors (Lipinski definition) is 1. The molecule has 172 valence electrons. The van der Waals surface area contributed by atoms with Crippen LogP contribution in [-0.2, 0) is 30.9 Å². The molecule has 0 spiro atoms. The van der Waals surface area contributed by atoms with Gasteiger partial charge in [-0.2, -0.15) is 4.72 Å². The lowest BCUT2D eigenvalue weighted by atomic mass is 10.1. The van der Waals surface area contributed by atoms with Crippen LogP contribution in [0.15, 0.2) is 47.4 Å². The summed E-state index contributed by atoms with van der Waals surface area (Å²) in [6.45, 7) is 2.14. The van der Waals surface area contributed by atoms with Crippen LogP contribution in [0.25, 0.3) is 0 Å². The average Bonchev–Trinajstić information content (AvgIpc) is 3.02. The van der Waals surface area contributed by atoms with Gasteiger partial charge in [0, 0.05) is 26.1 Å². The highest BCUT2D eigenvalue weighted by atomic mass is 32.2. The van der Waals surface area contributed by atoms with Crippen molar-refractivity contribution in [2.45, 2.75) is 24.8 Å². The van der Waals surface area contributed by atoms with Gasteiger partial charge in [-0.1, -0.05) is 24.3 Å². The Balaban J connectivity index is 1.49.